The van der Waals surface area contributed by atoms with Crippen LogP contribution in [0.2, 0.25) is 0 Å². The van der Waals surface area contributed by atoms with Crippen LogP contribution in [0.15, 0.2) is 54.6 Å². The van der Waals surface area contributed by atoms with Gasteiger partial charge in [-0.05, 0) is 23.6 Å². The molecule has 0 radical (unpaired) electrons. The molecule has 2 saturated heterocycles. The molecule has 3 atom stereocenters. The van der Waals surface area contributed by atoms with Crippen LogP contribution in [0.25, 0.3) is 0 Å². The Balaban J connectivity index is 0.00000210. The number of carbonyl (C=O) groups is 1. The van der Waals surface area contributed by atoms with Crippen LogP contribution in [0.1, 0.15) is 22.0 Å². The summed E-state index contributed by atoms with van der Waals surface area (Å²) < 4.78 is 30.0. The molecule has 2 aliphatic heterocycles. The van der Waals surface area contributed by atoms with E-state index in [4.69, 9.17) is 0 Å². The zero-order valence-corrected chi connectivity index (χ0v) is 15.4. The number of alkyl halides is 2. The molecule has 27 heavy (non-hydrogen) atoms. The van der Waals surface area contributed by atoms with Crippen LogP contribution in [0.5, 0.6) is 5.75 Å². The van der Waals surface area contributed by atoms with Gasteiger partial charge in [0.15, 0.2) is 0 Å². The second-order valence-corrected chi connectivity index (χ2v) is 6.77. The van der Waals surface area contributed by atoms with Crippen LogP contribution < -0.4 is 10.1 Å². The molecular weight excluding hydrogens is 374 g/mol. The van der Waals surface area contributed by atoms with Gasteiger partial charge >= 0.3 is 6.61 Å². The molecule has 2 aromatic rings. The monoisotopic (exact) mass is 394 g/mol. The van der Waals surface area contributed by atoms with Gasteiger partial charge in [0.25, 0.3) is 5.91 Å². The average molecular weight is 395 g/mol. The fourth-order valence-electron chi connectivity index (χ4n) is 4.20. The molecule has 0 bridgehead atoms. The minimum atomic E-state index is -2.96. The van der Waals surface area contributed by atoms with E-state index in [2.05, 4.69) is 10.1 Å². The maximum absolute atomic E-state index is 13.2. The van der Waals surface area contributed by atoms with Gasteiger partial charge in [-0.25, -0.2) is 0 Å². The summed E-state index contributed by atoms with van der Waals surface area (Å²) >= 11 is 0. The van der Waals surface area contributed by atoms with Crippen molar-refractivity contribution < 1.29 is 18.3 Å². The number of carbonyl (C=O) groups excluding carboxylic acids is 1. The lowest BCUT2D eigenvalue weighted by Crippen LogP contribution is -2.35. The number of hydrogen-bond acceptors (Lipinski definition) is 3. The van der Waals surface area contributed by atoms with Gasteiger partial charge in [-0.1, -0.05) is 42.5 Å². The predicted octanol–water partition coefficient (Wildman–Crippen LogP) is 3.74. The van der Waals surface area contributed by atoms with E-state index in [-0.39, 0.29) is 35.7 Å². The van der Waals surface area contributed by atoms with Gasteiger partial charge in [0.1, 0.15) is 5.75 Å². The van der Waals surface area contributed by atoms with Crippen molar-refractivity contribution in [1.29, 1.82) is 0 Å². The maximum Gasteiger partial charge on any atom is 0.387 e. The van der Waals surface area contributed by atoms with E-state index >= 15 is 0 Å². The highest BCUT2D eigenvalue weighted by Gasteiger charge is 2.47. The SMILES string of the molecule is Cl.O=C(c1ccccc1OC(F)F)N1C[C@@H]2CNC[C@@H]2[C@H]1c1ccccc1. The summed E-state index contributed by atoms with van der Waals surface area (Å²) in [5.41, 5.74) is 1.26. The Labute approximate surface area is 162 Å². The predicted molar refractivity (Wildman–Crippen MR) is 100 cm³/mol. The summed E-state index contributed by atoms with van der Waals surface area (Å²) in [6.45, 7) is -0.633. The molecule has 2 aliphatic rings. The highest BCUT2D eigenvalue weighted by molar-refractivity contribution is 5.97. The van der Waals surface area contributed by atoms with Crippen LogP contribution in [0.4, 0.5) is 8.78 Å². The Morgan fingerprint density at radius 3 is 2.52 bits per heavy atom. The molecule has 0 aliphatic carbocycles. The van der Waals surface area contributed by atoms with Crippen LogP contribution in [-0.4, -0.2) is 37.1 Å². The van der Waals surface area contributed by atoms with E-state index in [9.17, 15) is 13.6 Å². The number of ether oxygens (including phenoxy) is 1. The van der Waals surface area contributed by atoms with E-state index in [1.807, 2.05) is 35.2 Å². The van der Waals surface area contributed by atoms with Crippen molar-refractivity contribution in [2.45, 2.75) is 12.7 Å². The van der Waals surface area contributed by atoms with Crippen molar-refractivity contribution in [2.24, 2.45) is 11.8 Å². The molecule has 0 aromatic heterocycles. The Bertz CT molecular complexity index is 791. The molecule has 2 aromatic carbocycles. The van der Waals surface area contributed by atoms with Gasteiger partial charge in [0.05, 0.1) is 11.6 Å². The molecule has 0 unspecified atom stereocenters. The third kappa shape index (κ3) is 3.77. The third-order valence-corrected chi connectivity index (χ3v) is 5.30. The molecule has 7 heteroatoms. The molecule has 4 nitrogen and oxygen atoms in total. The number of amides is 1. The molecule has 1 amide bonds. The summed E-state index contributed by atoms with van der Waals surface area (Å²) in [6.07, 6.45) is 0. The number of hydrogen-bond donors (Lipinski definition) is 1. The van der Waals surface area contributed by atoms with E-state index in [0.717, 1.165) is 18.7 Å². The van der Waals surface area contributed by atoms with Crippen molar-refractivity contribution >= 4 is 18.3 Å². The molecule has 2 heterocycles. The van der Waals surface area contributed by atoms with Gasteiger partial charge in [-0.2, -0.15) is 8.78 Å². The van der Waals surface area contributed by atoms with Crippen LogP contribution in [0.3, 0.4) is 0 Å². The Kier molecular flexibility index (Phi) is 5.97. The quantitative estimate of drug-likeness (QED) is 0.858. The maximum atomic E-state index is 13.2. The molecule has 0 saturated carbocycles. The fourth-order valence-corrected chi connectivity index (χ4v) is 4.20. The van der Waals surface area contributed by atoms with Gasteiger partial charge < -0.3 is 15.0 Å². The highest BCUT2D eigenvalue weighted by atomic mass is 35.5. The lowest BCUT2D eigenvalue weighted by atomic mass is 9.89. The fraction of sp³-hybridized carbons (Fsp3) is 0.350. The summed E-state index contributed by atoms with van der Waals surface area (Å²) in [7, 11) is 0. The highest BCUT2D eigenvalue weighted by Crippen LogP contribution is 2.43. The number of benzene rings is 2. The van der Waals surface area contributed by atoms with Crippen LogP contribution in [-0.2, 0) is 0 Å². The number of likely N-dealkylation sites (tertiary alicyclic amines) is 1. The van der Waals surface area contributed by atoms with E-state index in [1.54, 1.807) is 18.2 Å². The number of fused-ring (bicyclic) bond motifs is 1. The van der Waals surface area contributed by atoms with E-state index in [1.165, 1.54) is 6.07 Å². The third-order valence-electron chi connectivity index (χ3n) is 5.30. The first-order valence-corrected chi connectivity index (χ1v) is 8.75. The molecule has 4 rings (SSSR count). The van der Waals surface area contributed by atoms with E-state index < -0.39 is 6.61 Å². The largest absolute Gasteiger partial charge is 0.434 e. The Morgan fingerprint density at radius 1 is 1.07 bits per heavy atom. The van der Waals surface area contributed by atoms with Crippen molar-refractivity contribution in [3.05, 3.63) is 65.7 Å². The van der Waals surface area contributed by atoms with Crippen LogP contribution in [0, 0.1) is 11.8 Å². The standard InChI is InChI=1S/C20H20F2N2O2.ClH/c21-20(22)26-17-9-5-4-8-15(17)19(25)24-12-14-10-23-11-16(14)18(24)13-6-2-1-3-7-13;/h1-9,14,16,18,20,23H,10-12H2;1H/t14-,16-,18+;/m0./s1. The second-order valence-electron chi connectivity index (χ2n) is 6.77. The first-order valence-electron chi connectivity index (χ1n) is 8.75. The van der Waals surface area contributed by atoms with Crippen molar-refractivity contribution in [1.82, 2.24) is 10.2 Å². The summed E-state index contributed by atoms with van der Waals surface area (Å²) in [5.74, 6) is 0.357. The van der Waals surface area contributed by atoms with Crippen molar-refractivity contribution in [2.75, 3.05) is 19.6 Å². The number of nitrogens with one attached hydrogen (secondary N) is 1. The molecule has 144 valence electrons. The number of halogens is 3. The smallest absolute Gasteiger partial charge is 0.387 e. The topological polar surface area (TPSA) is 41.6 Å². The Hall–Kier alpha value is -2.18. The van der Waals surface area contributed by atoms with Gasteiger partial charge in [-0.3, -0.25) is 4.79 Å². The molecule has 2 fully saturated rings. The van der Waals surface area contributed by atoms with Crippen molar-refractivity contribution in [3.8, 4) is 5.75 Å². The first-order chi connectivity index (χ1) is 12.6. The summed E-state index contributed by atoms with van der Waals surface area (Å²) in [4.78, 5) is 15.1. The van der Waals surface area contributed by atoms with E-state index in [0.29, 0.717) is 18.4 Å². The molecular formula is C20H21ClF2N2O2. The van der Waals surface area contributed by atoms with Crippen molar-refractivity contribution in [3.63, 3.8) is 0 Å². The minimum Gasteiger partial charge on any atom is -0.434 e. The number of nitrogens with zero attached hydrogens (tertiary/aromatic N) is 1. The number of para-hydroxylation sites is 1. The lowest BCUT2D eigenvalue weighted by molar-refractivity contribution is -0.0503. The first kappa shape index (κ1) is 19.6. The summed E-state index contributed by atoms with van der Waals surface area (Å²) in [5, 5.41) is 3.40. The van der Waals surface area contributed by atoms with Gasteiger partial charge in [0, 0.05) is 25.6 Å². The minimum absolute atomic E-state index is 0. The van der Waals surface area contributed by atoms with Crippen LogP contribution >= 0.6 is 12.4 Å². The van der Waals surface area contributed by atoms with Gasteiger partial charge in [-0.15, -0.1) is 12.4 Å². The lowest BCUT2D eigenvalue weighted by Gasteiger charge is -2.29. The zero-order chi connectivity index (χ0) is 18.1. The Morgan fingerprint density at radius 2 is 1.78 bits per heavy atom. The normalized spacial score (nSPS) is 23.8. The molecule has 1 N–H and O–H groups in total. The average Bonchev–Trinajstić information content (AvgIpc) is 3.22. The zero-order valence-electron chi connectivity index (χ0n) is 14.6. The summed E-state index contributed by atoms with van der Waals surface area (Å²) in [6, 6.07) is 16.1. The molecule has 0 spiro atoms. The van der Waals surface area contributed by atoms with Gasteiger partial charge in [0.2, 0.25) is 0 Å². The second kappa shape index (κ2) is 8.23. The number of rotatable bonds is 4.